The molecular formula is C12H12ClN3O3. The first-order valence-corrected chi connectivity index (χ1v) is 6.33. The van der Waals surface area contributed by atoms with Crippen LogP contribution in [0.2, 0.25) is 5.02 Å². The van der Waals surface area contributed by atoms with Crippen LogP contribution in [-0.4, -0.2) is 38.4 Å². The monoisotopic (exact) mass is 281 g/mol. The fraction of sp³-hybridized carbons (Fsp3) is 0.417. The van der Waals surface area contributed by atoms with Crippen molar-refractivity contribution in [2.45, 2.75) is 25.4 Å². The van der Waals surface area contributed by atoms with Crippen molar-refractivity contribution in [2.75, 3.05) is 6.61 Å². The fourth-order valence-corrected chi connectivity index (χ4v) is 2.61. The molecule has 2 aromatic rings. The Kier molecular flexibility index (Phi) is 2.91. The van der Waals surface area contributed by atoms with Crippen LogP contribution >= 0.6 is 11.6 Å². The van der Waals surface area contributed by atoms with E-state index in [-0.39, 0.29) is 22.6 Å². The number of ether oxygens (including phenoxy) is 1. The molecule has 0 bridgehead atoms. The van der Waals surface area contributed by atoms with Gasteiger partial charge in [-0.25, -0.2) is 4.79 Å². The third-order valence-corrected chi connectivity index (χ3v) is 3.57. The Morgan fingerprint density at radius 3 is 3.00 bits per heavy atom. The highest BCUT2D eigenvalue weighted by atomic mass is 35.5. The molecule has 19 heavy (non-hydrogen) atoms. The first kappa shape index (κ1) is 12.4. The SMILES string of the molecule is CC1CC(c2nnc3c(Cl)cc(C(=O)O)cn23)CO1. The summed E-state index contributed by atoms with van der Waals surface area (Å²) in [7, 11) is 0. The minimum absolute atomic E-state index is 0.116. The summed E-state index contributed by atoms with van der Waals surface area (Å²) in [6, 6.07) is 1.38. The zero-order chi connectivity index (χ0) is 13.6. The first-order chi connectivity index (χ1) is 9.06. The molecule has 0 aliphatic carbocycles. The molecule has 2 aromatic heterocycles. The van der Waals surface area contributed by atoms with E-state index in [9.17, 15) is 4.79 Å². The lowest BCUT2D eigenvalue weighted by Crippen LogP contribution is -2.06. The smallest absolute Gasteiger partial charge is 0.337 e. The quantitative estimate of drug-likeness (QED) is 0.911. The number of rotatable bonds is 2. The summed E-state index contributed by atoms with van der Waals surface area (Å²) in [6.07, 6.45) is 2.52. The highest BCUT2D eigenvalue weighted by molar-refractivity contribution is 6.33. The van der Waals surface area contributed by atoms with Gasteiger partial charge in [0.2, 0.25) is 0 Å². The predicted molar refractivity (Wildman–Crippen MR) is 67.7 cm³/mol. The van der Waals surface area contributed by atoms with Gasteiger partial charge in [0.05, 0.1) is 23.3 Å². The van der Waals surface area contributed by atoms with Crippen LogP contribution in [0, 0.1) is 0 Å². The number of pyridine rings is 1. The summed E-state index contributed by atoms with van der Waals surface area (Å²) in [6.45, 7) is 2.57. The van der Waals surface area contributed by atoms with Gasteiger partial charge in [-0.2, -0.15) is 0 Å². The molecule has 0 saturated carbocycles. The first-order valence-electron chi connectivity index (χ1n) is 5.95. The lowest BCUT2D eigenvalue weighted by Gasteiger charge is -2.06. The van der Waals surface area contributed by atoms with E-state index in [1.807, 2.05) is 6.92 Å². The van der Waals surface area contributed by atoms with E-state index in [0.717, 1.165) is 6.42 Å². The van der Waals surface area contributed by atoms with Crippen molar-refractivity contribution in [3.8, 4) is 0 Å². The average Bonchev–Trinajstić information content (AvgIpc) is 2.94. The highest BCUT2D eigenvalue weighted by Crippen LogP contribution is 2.29. The van der Waals surface area contributed by atoms with Crippen LogP contribution in [0.25, 0.3) is 5.65 Å². The zero-order valence-corrected chi connectivity index (χ0v) is 11.0. The normalized spacial score (nSPS) is 23.1. The molecule has 0 amide bonds. The van der Waals surface area contributed by atoms with E-state index < -0.39 is 5.97 Å². The molecule has 0 aromatic carbocycles. The van der Waals surface area contributed by atoms with Crippen LogP contribution in [0.3, 0.4) is 0 Å². The lowest BCUT2D eigenvalue weighted by molar-refractivity contribution is 0.0696. The fourth-order valence-electron chi connectivity index (χ4n) is 2.36. The van der Waals surface area contributed by atoms with Crippen molar-refractivity contribution in [3.63, 3.8) is 0 Å². The number of hydrogen-bond donors (Lipinski definition) is 1. The van der Waals surface area contributed by atoms with E-state index in [4.69, 9.17) is 21.4 Å². The van der Waals surface area contributed by atoms with Gasteiger partial charge in [0.25, 0.3) is 0 Å². The van der Waals surface area contributed by atoms with Crippen molar-refractivity contribution in [3.05, 3.63) is 28.7 Å². The number of aromatic nitrogens is 3. The summed E-state index contributed by atoms with van der Waals surface area (Å²) in [5.41, 5.74) is 0.590. The van der Waals surface area contributed by atoms with Crippen LogP contribution in [0.15, 0.2) is 12.3 Å². The summed E-state index contributed by atoms with van der Waals surface area (Å²) < 4.78 is 7.17. The maximum absolute atomic E-state index is 11.1. The van der Waals surface area contributed by atoms with Gasteiger partial charge >= 0.3 is 5.97 Å². The van der Waals surface area contributed by atoms with Crippen molar-refractivity contribution >= 4 is 23.2 Å². The van der Waals surface area contributed by atoms with E-state index in [2.05, 4.69) is 10.2 Å². The van der Waals surface area contributed by atoms with Gasteiger partial charge in [0.1, 0.15) is 5.82 Å². The number of carbonyl (C=O) groups is 1. The molecule has 100 valence electrons. The number of carboxylic acid groups (broad SMARTS) is 1. The Labute approximate surface area is 114 Å². The summed E-state index contributed by atoms with van der Waals surface area (Å²) >= 11 is 6.04. The standard InChI is InChI=1S/C12H12ClN3O3/c1-6-2-8(5-19-6)10-14-15-11-9(13)3-7(12(17)18)4-16(10)11/h3-4,6,8H,2,5H2,1H3,(H,17,18). The molecule has 3 rings (SSSR count). The van der Waals surface area contributed by atoms with Crippen molar-refractivity contribution in [2.24, 2.45) is 0 Å². The minimum atomic E-state index is -1.03. The third kappa shape index (κ3) is 2.06. The molecule has 1 fully saturated rings. The zero-order valence-electron chi connectivity index (χ0n) is 10.2. The molecule has 0 radical (unpaired) electrons. The summed E-state index contributed by atoms with van der Waals surface area (Å²) in [4.78, 5) is 11.1. The number of aromatic carboxylic acids is 1. The van der Waals surface area contributed by atoms with Gasteiger partial charge < -0.3 is 9.84 Å². The Morgan fingerprint density at radius 1 is 1.58 bits per heavy atom. The second-order valence-electron chi connectivity index (χ2n) is 4.71. The maximum atomic E-state index is 11.1. The number of fused-ring (bicyclic) bond motifs is 1. The molecule has 1 aliphatic rings. The Morgan fingerprint density at radius 2 is 2.37 bits per heavy atom. The van der Waals surface area contributed by atoms with E-state index in [0.29, 0.717) is 18.1 Å². The molecule has 1 aliphatic heterocycles. The molecule has 7 heteroatoms. The van der Waals surface area contributed by atoms with Gasteiger partial charge in [0.15, 0.2) is 5.65 Å². The van der Waals surface area contributed by atoms with E-state index in [1.165, 1.54) is 12.3 Å². The number of hydrogen-bond acceptors (Lipinski definition) is 4. The molecule has 1 saturated heterocycles. The second kappa shape index (κ2) is 4.47. The molecule has 2 atom stereocenters. The van der Waals surface area contributed by atoms with Gasteiger partial charge in [-0.15, -0.1) is 10.2 Å². The molecule has 2 unspecified atom stereocenters. The number of carboxylic acids is 1. The Hall–Kier alpha value is -1.66. The Balaban J connectivity index is 2.13. The van der Waals surface area contributed by atoms with E-state index >= 15 is 0 Å². The van der Waals surface area contributed by atoms with Crippen LogP contribution in [-0.2, 0) is 4.74 Å². The average molecular weight is 282 g/mol. The van der Waals surface area contributed by atoms with Crippen molar-refractivity contribution < 1.29 is 14.6 Å². The maximum Gasteiger partial charge on any atom is 0.337 e. The van der Waals surface area contributed by atoms with E-state index in [1.54, 1.807) is 4.40 Å². The van der Waals surface area contributed by atoms with Crippen LogP contribution in [0.1, 0.15) is 35.4 Å². The predicted octanol–water partition coefficient (Wildman–Crippen LogP) is 1.97. The minimum Gasteiger partial charge on any atom is -0.478 e. The lowest BCUT2D eigenvalue weighted by atomic mass is 10.1. The molecule has 1 N–H and O–H groups in total. The van der Waals surface area contributed by atoms with Crippen LogP contribution in [0.4, 0.5) is 0 Å². The Bertz CT molecular complexity index is 655. The summed E-state index contributed by atoms with van der Waals surface area (Å²) in [5.74, 6) is -0.214. The third-order valence-electron chi connectivity index (χ3n) is 3.30. The van der Waals surface area contributed by atoms with Gasteiger partial charge in [-0.3, -0.25) is 4.40 Å². The molecule has 0 spiro atoms. The number of halogens is 1. The molecular weight excluding hydrogens is 270 g/mol. The molecule has 3 heterocycles. The van der Waals surface area contributed by atoms with Crippen LogP contribution < -0.4 is 0 Å². The van der Waals surface area contributed by atoms with Gasteiger partial charge in [-0.1, -0.05) is 11.6 Å². The van der Waals surface area contributed by atoms with Gasteiger partial charge in [-0.05, 0) is 19.4 Å². The van der Waals surface area contributed by atoms with Crippen LogP contribution in [0.5, 0.6) is 0 Å². The van der Waals surface area contributed by atoms with Crippen molar-refractivity contribution in [1.29, 1.82) is 0 Å². The summed E-state index contributed by atoms with van der Waals surface area (Å²) in [5, 5.41) is 17.5. The van der Waals surface area contributed by atoms with Gasteiger partial charge in [0, 0.05) is 12.1 Å². The second-order valence-corrected chi connectivity index (χ2v) is 5.12. The highest BCUT2D eigenvalue weighted by Gasteiger charge is 2.28. The largest absolute Gasteiger partial charge is 0.478 e. The topological polar surface area (TPSA) is 76.7 Å². The number of nitrogens with zero attached hydrogens (tertiary/aromatic N) is 3. The van der Waals surface area contributed by atoms with Crippen molar-refractivity contribution in [1.82, 2.24) is 14.6 Å². The molecule has 6 nitrogen and oxygen atoms in total.